The average molecular weight is 388 g/mol. The van der Waals surface area contributed by atoms with Crippen LogP contribution in [-0.4, -0.2) is 67.0 Å². The summed E-state index contributed by atoms with van der Waals surface area (Å²) in [6, 6.07) is 11.8. The van der Waals surface area contributed by atoms with E-state index < -0.39 is 0 Å². The monoisotopic (exact) mass is 387 g/mol. The van der Waals surface area contributed by atoms with Crippen LogP contribution in [0.4, 0.5) is 0 Å². The van der Waals surface area contributed by atoms with Crippen molar-refractivity contribution in [3.63, 3.8) is 0 Å². The second-order valence-corrected chi connectivity index (χ2v) is 8.08. The summed E-state index contributed by atoms with van der Waals surface area (Å²) in [7, 11) is 3.52. The first-order chi connectivity index (χ1) is 13.4. The van der Waals surface area contributed by atoms with Crippen LogP contribution in [-0.2, 0) is 11.3 Å². The first-order valence-corrected chi connectivity index (χ1v) is 10.4. The molecule has 0 aliphatic carbocycles. The Bertz CT molecular complexity index is 631. The SMILES string of the molecule is CCC(C)NC(=NCC(=O)N(C)C)NC1CCN(Cc2ccccc2)C(C)C1. The van der Waals surface area contributed by atoms with E-state index in [1.807, 2.05) is 0 Å². The lowest BCUT2D eigenvalue weighted by Gasteiger charge is -2.38. The molecule has 1 aromatic rings. The summed E-state index contributed by atoms with van der Waals surface area (Å²) in [6.07, 6.45) is 3.14. The Morgan fingerprint density at radius 3 is 2.64 bits per heavy atom. The third kappa shape index (κ3) is 7.15. The molecule has 3 unspecified atom stereocenters. The third-order valence-corrected chi connectivity index (χ3v) is 5.45. The maximum absolute atomic E-state index is 11.9. The number of hydrogen-bond donors (Lipinski definition) is 2. The van der Waals surface area contributed by atoms with Crippen molar-refractivity contribution >= 4 is 11.9 Å². The number of rotatable bonds is 7. The van der Waals surface area contributed by atoms with Gasteiger partial charge < -0.3 is 15.5 Å². The summed E-state index contributed by atoms with van der Waals surface area (Å²) in [5.74, 6) is 0.759. The van der Waals surface area contributed by atoms with E-state index in [1.165, 1.54) is 5.56 Å². The first kappa shape index (κ1) is 22.2. The number of hydrogen-bond acceptors (Lipinski definition) is 3. The fourth-order valence-corrected chi connectivity index (χ4v) is 3.35. The van der Waals surface area contributed by atoms with Crippen molar-refractivity contribution in [2.45, 2.75) is 64.7 Å². The highest BCUT2D eigenvalue weighted by molar-refractivity contribution is 5.85. The molecular weight excluding hydrogens is 350 g/mol. The van der Waals surface area contributed by atoms with Crippen LogP contribution in [0, 0.1) is 0 Å². The van der Waals surface area contributed by atoms with Crippen LogP contribution < -0.4 is 10.6 Å². The molecule has 156 valence electrons. The number of carbonyl (C=O) groups excluding carboxylic acids is 1. The molecular formula is C22H37N5O. The molecule has 2 rings (SSSR count). The molecule has 6 heteroatoms. The van der Waals surface area contributed by atoms with Crippen LogP contribution in [0.25, 0.3) is 0 Å². The van der Waals surface area contributed by atoms with Gasteiger partial charge >= 0.3 is 0 Å². The largest absolute Gasteiger partial charge is 0.354 e. The lowest BCUT2D eigenvalue weighted by Crippen LogP contribution is -2.52. The van der Waals surface area contributed by atoms with Crippen LogP contribution >= 0.6 is 0 Å². The predicted molar refractivity (Wildman–Crippen MR) is 116 cm³/mol. The van der Waals surface area contributed by atoms with E-state index in [4.69, 9.17) is 0 Å². The van der Waals surface area contributed by atoms with Gasteiger partial charge in [0.2, 0.25) is 5.91 Å². The van der Waals surface area contributed by atoms with Crippen molar-refractivity contribution < 1.29 is 4.79 Å². The molecule has 1 aliphatic rings. The highest BCUT2D eigenvalue weighted by Gasteiger charge is 2.26. The van der Waals surface area contributed by atoms with Crippen LogP contribution in [0.2, 0.25) is 0 Å². The van der Waals surface area contributed by atoms with Gasteiger partial charge in [-0.2, -0.15) is 0 Å². The van der Waals surface area contributed by atoms with Crippen LogP contribution in [0.3, 0.4) is 0 Å². The van der Waals surface area contributed by atoms with Gasteiger partial charge in [-0.05, 0) is 38.7 Å². The molecule has 0 radical (unpaired) electrons. The molecule has 0 aromatic heterocycles. The summed E-state index contributed by atoms with van der Waals surface area (Å²) in [6.45, 7) is 8.80. The van der Waals surface area contributed by atoms with E-state index in [0.717, 1.165) is 38.3 Å². The van der Waals surface area contributed by atoms with Gasteiger partial charge in [0.05, 0.1) is 0 Å². The smallest absolute Gasteiger partial charge is 0.243 e. The zero-order valence-corrected chi connectivity index (χ0v) is 18.1. The van der Waals surface area contributed by atoms with Crippen molar-refractivity contribution in [2.75, 3.05) is 27.2 Å². The third-order valence-electron chi connectivity index (χ3n) is 5.45. The van der Waals surface area contributed by atoms with Crippen molar-refractivity contribution in [2.24, 2.45) is 4.99 Å². The molecule has 1 aliphatic heterocycles. The van der Waals surface area contributed by atoms with E-state index in [-0.39, 0.29) is 12.5 Å². The standard InChI is InChI=1S/C22H37N5O/c1-6-17(2)24-22(23-15-21(28)26(4)5)25-20-12-13-27(18(3)14-20)16-19-10-8-7-9-11-19/h7-11,17-18,20H,6,12-16H2,1-5H3,(H2,23,24,25). The number of nitrogens with one attached hydrogen (secondary N) is 2. The molecule has 2 N–H and O–H groups in total. The predicted octanol–water partition coefficient (Wildman–Crippen LogP) is 2.46. The molecule has 0 spiro atoms. The summed E-state index contributed by atoms with van der Waals surface area (Å²) < 4.78 is 0. The topological polar surface area (TPSA) is 60.0 Å². The number of aliphatic imine (C=N–C) groups is 1. The highest BCUT2D eigenvalue weighted by Crippen LogP contribution is 2.20. The first-order valence-electron chi connectivity index (χ1n) is 10.4. The number of guanidine groups is 1. The maximum Gasteiger partial charge on any atom is 0.243 e. The van der Waals surface area contributed by atoms with Gasteiger partial charge in [0.15, 0.2) is 5.96 Å². The molecule has 1 aromatic carbocycles. The van der Waals surface area contributed by atoms with E-state index in [0.29, 0.717) is 18.1 Å². The fourth-order valence-electron chi connectivity index (χ4n) is 3.35. The summed E-state index contributed by atoms with van der Waals surface area (Å²) in [5.41, 5.74) is 1.36. The zero-order chi connectivity index (χ0) is 20.5. The molecule has 28 heavy (non-hydrogen) atoms. The second-order valence-electron chi connectivity index (χ2n) is 8.08. The minimum absolute atomic E-state index is 0.0105. The quantitative estimate of drug-likeness (QED) is 0.557. The molecule has 1 fully saturated rings. The Hall–Kier alpha value is -2.08. The molecule has 1 heterocycles. The van der Waals surface area contributed by atoms with Gasteiger partial charge in [0.25, 0.3) is 0 Å². The van der Waals surface area contributed by atoms with Gasteiger partial charge in [-0.3, -0.25) is 9.69 Å². The highest BCUT2D eigenvalue weighted by atomic mass is 16.2. The van der Waals surface area contributed by atoms with Crippen molar-refractivity contribution in [3.05, 3.63) is 35.9 Å². The minimum Gasteiger partial charge on any atom is -0.354 e. The average Bonchev–Trinajstić information content (AvgIpc) is 2.68. The van der Waals surface area contributed by atoms with Crippen LogP contribution in [0.1, 0.15) is 45.6 Å². The Labute approximate surface area is 170 Å². The van der Waals surface area contributed by atoms with Crippen LogP contribution in [0.5, 0.6) is 0 Å². The van der Waals surface area contributed by atoms with Gasteiger partial charge in [-0.15, -0.1) is 0 Å². The summed E-state index contributed by atoms with van der Waals surface area (Å²) in [5, 5.41) is 7.00. The number of carbonyl (C=O) groups is 1. The normalized spacial score (nSPS) is 21.8. The van der Waals surface area contributed by atoms with E-state index in [9.17, 15) is 4.79 Å². The van der Waals surface area contributed by atoms with E-state index in [2.05, 4.69) is 71.6 Å². The fraction of sp³-hybridized carbons (Fsp3) is 0.636. The minimum atomic E-state index is 0.0105. The van der Waals surface area contributed by atoms with Crippen molar-refractivity contribution in [3.8, 4) is 0 Å². The number of nitrogens with zero attached hydrogens (tertiary/aromatic N) is 3. The Kier molecular flexibility index (Phi) is 8.77. The Morgan fingerprint density at radius 1 is 1.32 bits per heavy atom. The summed E-state index contributed by atoms with van der Waals surface area (Å²) >= 11 is 0. The Morgan fingerprint density at radius 2 is 2.04 bits per heavy atom. The molecule has 0 bridgehead atoms. The lowest BCUT2D eigenvalue weighted by atomic mass is 9.97. The Balaban J connectivity index is 1.93. The molecule has 1 saturated heterocycles. The second kappa shape index (κ2) is 11.1. The van der Waals surface area contributed by atoms with Gasteiger partial charge in [-0.25, -0.2) is 4.99 Å². The molecule has 6 nitrogen and oxygen atoms in total. The van der Waals surface area contributed by atoms with Gasteiger partial charge in [-0.1, -0.05) is 37.3 Å². The number of likely N-dealkylation sites (N-methyl/N-ethyl adjacent to an activating group) is 1. The lowest BCUT2D eigenvalue weighted by molar-refractivity contribution is -0.127. The van der Waals surface area contributed by atoms with E-state index in [1.54, 1.807) is 19.0 Å². The van der Waals surface area contributed by atoms with E-state index >= 15 is 0 Å². The number of likely N-dealkylation sites (tertiary alicyclic amines) is 1. The number of benzene rings is 1. The zero-order valence-electron chi connectivity index (χ0n) is 18.1. The van der Waals surface area contributed by atoms with Crippen molar-refractivity contribution in [1.29, 1.82) is 0 Å². The van der Waals surface area contributed by atoms with Crippen LogP contribution in [0.15, 0.2) is 35.3 Å². The number of piperidine rings is 1. The van der Waals surface area contributed by atoms with Crippen molar-refractivity contribution in [1.82, 2.24) is 20.4 Å². The molecule has 3 atom stereocenters. The molecule has 0 saturated carbocycles. The van der Waals surface area contributed by atoms with Gasteiger partial charge in [0.1, 0.15) is 6.54 Å². The van der Waals surface area contributed by atoms with Gasteiger partial charge in [0, 0.05) is 45.3 Å². The number of amides is 1. The maximum atomic E-state index is 11.9. The summed E-state index contributed by atoms with van der Waals surface area (Å²) in [4.78, 5) is 20.6. The molecule has 1 amide bonds.